The van der Waals surface area contributed by atoms with Crippen LogP contribution >= 0.6 is 0 Å². The number of nitrogens with zero attached hydrogens (tertiary/aromatic N) is 1. The number of rotatable bonds is 3. The van der Waals surface area contributed by atoms with Crippen molar-refractivity contribution in [2.24, 2.45) is 0 Å². The highest BCUT2D eigenvalue weighted by atomic mass is 32.2. The smallest absolute Gasteiger partial charge is 0.229 e. The zero-order valence-corrected chi connectivity index (χ0v) is 11.6. The SMILES string of the molecule is CS(=O)(=O)Nc1cccc(-c2nc3ccccc3[nH]2)c1. The summed E-state index contributed by atoms with van der Waals surface area (Å²) >= 11 is 0. The summed E-state index contributed by atoms with van der Waals surface area (Å²) in [6.45, 7) is 0. The van der Waals surface area contributed by atoms with E-state index in [1.807, 2.05) is 30.3 Å². The highest BCUT2D eigenvalue weighted by Crippen LogP contribution is 2.23. The van der Waals surface area contributed by atoms with E-state index in [2.05, 4.69) is 14.7 Å². The number of hydrogen-bond acceptors (Lipinski definition) is 3. The van der Waals surface area contributed by atoms with Gasteiger partial charge in [0.1, 0.15) is 5.82 Å². The van der Waals surface area contributed by atoms with Gasteiger partial charge in [0.05, 0.1) is 17.3 Å². The van der Waals surface area contributed by atoms with Crippen molar-refractivity contribution in [3.63, 3.8) is 0 Å². The van der Waals surface area contributed by atoms with Crippen molar-refractivity contribution >= 4 is 26.7 Å². The Morgan fingerprint density at radius 2 is 1.90 bits per heavy atom. The summed E-state index contributed by atoms with van der Waals surface area (Å²) in [5.41, 5.74) is 3.17. The second-order valence-corrected chi connectivity index (χ2v) is 6.31. The van der Waals surface area contributed by atoms with E-state index in [1.54, 1.807) is 18.2 Å². The molecule has 0 aliphatic carbocycles. The van der Waals surface area contributed by atoms with Gasteiger partial charge in [0.2, 0.25) is 10.0 Å². The molecule has 0 radical (unpaired) electrons. The third kappa shape index (κ3) is 2.65. The van der Waals surface area contributed by atoms with Gasteiger partial charge in [-0.25, -0.2) is 13.4 Å². The van der Waals surface area contributed by atoms with Crippen molar-refractivity contribution in [3.05, 3.63) is 48.5 Å². The monoisotopic (exact) mass is 287 g/mol. The summed E-state index contributed by atoms with van der Waals surface area (Å²) in [7, 11) is -3.28. The Kier molecular flexibility index (Phi) is 2.94. The van der Waals surface area contributed by atoms with Crippen molar-refractivity contribution in [1.82, 2.24) is 9.97 Å². The second kappa shape index (κ2) is 4.64. The number of benzene rings is 2. The Labute approximate surface area is 116 Å². The number of nitrogens with one attached hydrogen (secondary N) is 2. The lowest BCUT2D eigenvalue weighted by atomic mass is 10.2. The topological polar surface area (TPSA) is 74.8 Å². The maximum Gasteiger partial charge on any atom is 0.229 e. The fourth-order valence-corrected chi connectivity index (χ4v) is 2.59. The van der Waals surface area contributed by atoms with Crippen molar-refractivity contribution in [2.45, 2.75) is 0 Å². The third-order valence-electron chi connectivity index (χ3n) is 2.83. The molecule has 0 saturated carbocycles. The van der Waals surface area contributed by atoms with Crippen molar-refractivity contribution < 1.29 is 8.42 Å². The molecular formula is C14H13N3O2S. The Hall–Kier alpha value is -2.34. The number of anilines is 1. The fraction of sp³-hybridized carbons (Fsp3) is 0.0714. The van der Waals surface area contributed by atoms with Crippen LogP contribution in [0.1, 0.15) is 0 Å². The molecule has 0 amide bonds. The Bertz CT molecular complexity index is 836. The molecule has 0 aliphatic rings. The molecule has 0 spiro atoms. The van der Waals surface area contributed by atoms with Crippen LogP contribution in [0.5, 0.6) is 0 Å². The lowest BCUT2D eigenvalue weighted by molar-refractivity contribution is 0.607. The van der Waals surface area contributed by atoms with Gasteiger partial charge >= 0.3 is 0 Å². The molecule has 0 bridgehead atoms. The number of aromatic amines is 1. The maximum absolute atomic E-state index is 11.3. The van der Waals surface area contributed by atoms with Gasteiger partial charge in [0.25, 0.3) is 0 Å². The van der Waals surface area contributed by atoms with Gasteiger partial charge in [-0.1, -0.05) is 24.3 Å². The van der Waals surface area contributed by atoms with Crippen LogP contribution in [0.2, 0.25) is 0 Å². The number of fused-ring (bicyclic) bond motifs is 1. The number of imidazole rings is 1. The molecule has 20 heavy (non-hydrogen) atoms. The number of hydrogen-bond donors (Lipinski definition) is 2. The predicted molar refractivity (Wildman–Crippen MR) is 80.0 cm³/mol. The van der Waals surface area contributed by atoms with E-state index in [4.69, 9.17) is 0 Å². The van der Waals surface area contributed by atoms with Gasteiger partial charge in [-0.05, 0) is 24.3 Å². The first kappa shape index (κ1) is 12.7. The molecule has 1 heterocycles. The Balaban J connectivity index is 2.03. The lowest BCUT2D eigenvalue weighted by Gasteiger charge is -2.04. The van der Waals surface area contributed by atoms with Crippen LogP contribution in [0, 0.1) is 0 Å². The number of H-pyrrole nitrogens is 1. The molecule has 0 unspecified atom stereocenters. The van der Waals surface area contributed by atoms with Crippen LogP contribution in [0.15, 0.2) is 48.5 Å². The first-order chi connectivity index (χ1) is 9.51. The van der Waals surface area contributed by atoms with Crippen LogP contribution < -0.4 is 4.72 Å². The minimum atomic E-state index is -3.28. The average molecular weight is 287 g/mol. The Morgan fingerprint density at radius 1 is 1.10 bits per heavy atom. The quantitative estimate of drug-likeness (QED) is 0.777. The van der Waals surface area contributed by atoms with Gasteiger partial charge < -0.3 is 4.98 Å². The summed E-state index contributed by atoms with van der Waals surface area (Å²) in [6.07, 6.45) is 1.13. The summed E-state index contributed by atoms with van der Waals surface area (Å²) < 4.78 is 25.0. The van der Waals surface area contributed by atoms with E-state index in [-0.39, 0.29) is 0 Å². The molecule has 0 fully saturated rings. The zero-order valence-electron chi connectivity index (χ0n) is 10.8. The van der Waals surface area contributed by atoms with Crippen LogP contribution in [0.4, 0.5) is 5.69 Å². The minimum Gasteiger partial charge on any atom is -0.338 e. The molecule has 3 rings (SSSR count). The number of aromatic nitrogens is 2. The van der Waals surface area contributed by atoms with E-state index >= 15 is 0 Å². The highest BCUT2D eigenvalue weighted by molar-refractivity contribution is 7.92. The molecule has 2 aromatic carbocycles. The highest BCUT2D eigenvalue weighted by Gasteiger charge is 2.07. The minimum absolute atomic E-state index is 0.519. The molecule has 2 N–H and O–H groups in total. The standard InChI is InChI=1S/C14H13N3O2S/c1-20(18,19)17-11-6-4-5-10(9-11)14-15-12-7-2-3-8-13(12)16-14/h2-9,17H,1H3,(H,15,16). The zero-order chi connectivity index (χ0) is 14.2. The van der Waals surface area contributed by atoms with Crippen molar-refractivity contribution in [2.75, 3.05) is 11.0 Å². The van der Waals surface area contributed by atoms with E-state index in [9.17, 15) is 8.42 Å². The number of para-hydroxylation sites is 2. The summed E-state index contributed by atoms with van der Waals surface area (Å²) in [5.74, 6) is 0.711. The molecule has 3 aromatic rings. The second-order valence-electron chi connectivity index (χ2n) is 4.56. The molecule has 102 valence electrons. The molecular weight excluding hydrogens is 274 g/mol. The van der Waals surface area contributed by atoms with E-state index in [0.29, 0.717) is 11.5 Å². The van der Waals surface area contributed by atoms with Crippen molar-refractivity contribution in [3.8, 4) is 11.4 Å². The van der Waals surface area contributed by atoms with Crippen LogP contribution in [-0.2, 0) is 10.0 Å². The van der Waals surface area contributed by atoms with Crippen LogP contribution in [0.25, 0.3) is 22.4 Å². The van der Waals surface area contributed by atoms with E-state index in [1.165, 1.54) is 0 Å². The van der Waals surface area contributed by atoms with Gasteiger partial charge in [-0.3, -0.25) is 4.72 Å². The van der Waals surface area contributed by atoms with Gasteiger partial charge in [-0.15, -0.1) is 0 Å². The van der Waals surface area contributed by atoms with Gasteiger partial charge in [0.15, 0.2) is 0 Å². The van der Waals surface area contributed by atoms with Crippen molar-refractivity contribution in [1.29, 1.82) is 0 Å². The molecule has 1 aromatic heterocycles. The molecule has 0 aliphatic heterocycles. The molecule has 0 saturated heterocycles. The van der Waals surface area contributed by atoms with Gasteiger partial charge in [-0.2, -0.15) is 0 Å². The number of sulfonamides is 1. The first-order valence-corrected chi connectivity index (χ1v) is 7.93. The normalized spacial score (nSPS) is 11.7. The van der Waals surface area contributed by atoms with Crippen LogP contribution in [0.3, 0.4) is 0 Å². The third-order valence-corrected chi connectivity index (χ3v) is 3.44. The van der Waals surface area contributed by atoms with Gasteiger partial charge in [0, 0.05) is 11.3 Å². The largest absolute Gasteiger partial charge is 0.338 e. The summed E-state index contributed by atoms with van der Waals surface area (Å²) in [6, 6.07) is 14.9. The summed E-state index contributed by atoms with van der Waals surface area (Å²) in [5, 5.41) is 0. The molecule has 6 heteroatoms. The predicted octanol–water partition coefficient (Wildman–Crippen LogP) is 2.60. The lowest BCUT2D eigenvalue weighted by Crippen LogP contribution is -2.09. The summed E-state index contributed by atoms with van der Waals surface area (Å²) in [4.78, 5) is 7.70. The maximum atomic E-state index is 11.3. The molecule has 5 nitrogen and oxygen atoms in total. The Morgan fingerprint density at radius 3 is 2.65 bits per heavy atom. The van der Waals surface area contributed by atoms with Crippen LogP contribution in [-0.4, -0.2) is 24.6 Å². The average Bonchev–Trinajstić information content (AvgIpc) is 2.80. The first-order valence-electron chi connectivity index (χ1n) is 6.04. The fourth-order valence-electron chi connectivity index (χ4n) is 2.03. The van der Waals surface area contributed by atoms with E-state index in [0.717, 1.165) is 22.9 Å². The van der Waals surface area contributed by atoms with E-state index < -0.39 is 10.0 Å². The molecule has 0 atom stereocenters.